The zero-order valence-electron chi connectivity index (χ0n) is 12.4. The third-order valence-electron chi connectivity index (χ3n) is 3.52. The van der Waals surface area contributed by atoms with Gasteiger partial charge in [-0.25, -0.2) is 0 Å². The van der Waals surface area contributed by atoms with Gasteiger partial charge in [0.15, 0.2) is 0 Å². The highest BCUT2D eigenvalue weighted by Gasteiger charge is 2.13. The van der Waals surface area contributed by atoms with Crippen LogP contribution in [0.4, 0.5) is 11.4 Å². The first-order chi connectivity index (χ1) is 11.1. The number of amides is 1. The van der Waals surface area contributed by atoms with Crippen molar-refractivity contribution in [1.82, 2.24) is 4.98 Å². The molecule has 3 aromatic rings. The lowest BCUT2D eigenvalue weighted by atomic mass is 10.1. The Morgan fingerprint density at radius 3 is 2.74 bits per heavy atom. The van der Waals surface area contributed by atoms with E-state index in [0.717, 1.165) is 0 Å². The van der Waals surface area contributed by atoms with Crippen LogP contribution in [0.5, 0.6) is 5.75 Å². The molecule has 0 spiro atoms. The summed E-state index contributed by atoms with van der Waals surface area (Å²) in [6.45, 7) is 0. The van der Waals surface area contributed by atoms with Crippen LogP contribution in [-0.4, -0.2) is 18.0 Å². The van der Waals surface area contributed by atoms with Crippen molar-refractivity contribution in [2.75, 3.05) is 18.2 Å². The van der Waals surface area contributed by atoms with Crippen LogP contribution in [0.25, 0.3) is 10.9 Å². The number of carbonyl (C=O) groups excluding carboxylic acids is 1. The number of fused-ring (bicyclic) bond motifs is 1. The number of rotatable bonds is 3. The molecule has 0 aliphatic carbocycles. The Kier molecular flexibility index (Phi) is 3.72. The van der Waals surface area contributed by atoms with E-state index in [4.69, 9.17) is 10.5 Å². The molecule has 6 heteroatoms. The first-order valence-electron chi connectivity index (χ1n) is 6.95. The van der Waals surface area contributed by atoms with Gasteiger partial charge in [0, 0.05) is 22.8 Å². The van der Waals surface area contributed by atoms with Crippen molar-refractivity contribution < 1.29 is 9.53 Å². The monoisotopic (exact) mass is 309 g/mol. The zero-order chi connectivity index (χ0) is 16.4. The molecule has 0 fully saturated rings. The topological polar surface area (TPSA) is 97.2 Å². The summed E-state index contributed by atoms with van der Waals surface area (Å²) in [7, 11) is 1.51. The number of nitrogen functional groups attached to an aromatic ring is 1. The summed E-state index contributed by atoms with van der Waals surface area (Å²) >= 11 is 0. The van der Waals surface area contributed by atoms with Crippen LogP contribution < -0.4 is 21.2 Å². The van der Waals surface area contributed by atoms with E-state index in [1.54, 1.807) is 36.4 Å². The highest BCUT2D eigenvalue weighted by atomic mass is 16.5. The maximum Gasteiger partial charge on any atom is 0.261 e. The first kappa shape index (κ1) is 14.6. The quantitative estimate of drug-likeness (QED) is 0.647. The van der Waals surface area contributed by atoms with Gasteiger partial charge in [-0.1, -0.05) is 12.1 Å². The van der Waals surface area contributed by atoms with Gasteiger partial charge in [-0.15, -0.1) is 0 Å². The molecule has 2 aromatic carbocycles. The van der Waals surface area contributed by atoms with Crippen molar-refractivity contribution in [2.45, 2.75) is 0 Å². The van der Waals surface area contributed by atoms with Gasteiger partial charge in [0.05, 0.1) is 12.8 Å². The van der Waals surface area contributed by atoms with Crippen LogP contribution in [0.3, 0.4) is 0 Å². The number of aromatic nitrogens is 1. The molecule has 23 heavy (non-hydrogen) atoms. The molecule has 1 aromatic heterocycles. The summed E-state index contributed by atoms with van der Waals surface area (Å²) < 4.78 is 5.06. The van der Waals surface area contributed by atoms with Crippen LogP contribution >= 0.6 is 0 Å². The van der Waals surface area contributed by atoms with E-state index in [1.807, 2.05) is 6.07 Å². The number of H-pyrrole nitrogens is 1. The van der Waals surface area contributed by atoms with E-state index in [2.05, 4.69) is 10.3 Å². The molecule has 1 heterocycles. The third kappa shape index (κ3) is 2.74. The largest absolute Gasteiger partial charge is 0.495 e. The average Bonchev–Trinajstić information content (AvgIpc) is 2.55. The minimum absolute atomic E-state index is 0.0399. The summed E-state index contributed by atoms with van der Waals surface area (Å²) in [6.07, 6.45) is 1.41. The fourth-order valence-corrected chi connectivity index (χ4v) is 2.35. The number of hydrogen-bond acceptors (Lipinski definition) is 4. The van der Waals surface area contributed by atoms with E-state index >= 15 is 0 Å². The van der Waals surface area contributed by atoms with Crippen molar-refractivity contribution >= 4 is 28.2 Å². The Balaban J connectivity index is 1.93. The lowest BCUT2D eigenvalue weighted by molar-refractivity contribution is 0.102. The standard InChI is InChI=1S/C17H15N3O3/c1-23-15-7-6-10(8-13(15)18)20-17(22)12-9-19-14-5-3-2-4-11(14)16(12)21/h2-9H,18H2,1H3,(H,19,21)(H,20,22). The number of pyridine rings is 1. The molecule has 0 aliphatic rings. The van der Waals surface area contributed by atoms with Gasteiger partial charge in [-0.3, -0.25) is 9.59 Å². The second kappa shape index (κ2) is 5.84. The molecule has 0 radical (unpaired) electrons. The van der Waals surface area contributed by atoms with Gasteiger partial charge in [0.25, 0.3) is 5.91 Å². The number of hydrogen-bond donors (Lipinski definition) is 3. The zero-order valence-corrected chi connectivity index (χ0v) is 12.4. The maximum absolute atomic E-state index is 12.4. The van der Waals surface area contributed by atoms with E-state index in [9.17, 15) is 9.59 Å². The number of nitrogens with one attached hydrogen (secondary N) is 2. The molecule has 6 nitrogen and oxygen atoms in total. The summed E-state index contributed by atoms with van der Waals surface area (Å²) in [5.74, 6) is 0.0214. The van der Waals surface area contributed by atoms with Crippen molar-refractivity contribution in [3.8, 4) is 5.75 Å². The summed E-state index contributed by atoms with van der Waals surface area (Å²) in [5, 5.41) is 3.13. The third-order valence-corrected chi connectivity index (χ3v) is 3.52. The Morgan fingerprint density at radius 1 is 1.22 bits per heavy atom. The molecule has 3 rings (SSSR count). The lowest BCUT2D eigenvalue weighted by Gasteiger charge is -2.09. The van der Waals surface area contributed by atoms with Crippen LogP contribution in [0.15, 0.2) is 53.5 Å². The molecule has 0 bridgehead atoms. The maximum atomic E-state index is 12.4. The number of benzene rings is 2. The number of para-hydroxylation sites is 1. The second-order valence-corrected chi connectivity index (χ2v) is 4.99. The molecule has 0 saturated heterocycles. The van der Waals surface area contributed by atoms with Crippen LogP contribution in [0.1, 0.15) is 10.4 Å². The first-order valence-corrected chi connectivity index (χ1v) is 6.95. The van der Waals surface area contributed by atoms with Gasteiger partial charge in [-0.2, -0.15) is 0 Å². The fraction of sp³-hybridized carbons (Fsp3) is 0.0588. The predicted octanol–water partition coefficient (Wildman–Crippen LogP) is 2.37. The lowest BCUT2D eigenvalue weighted by Crippen LogP contribution is -2.22. The summed E-state index contributed by atoms with van der Waals surface area (Å²) in [5.41, 5.74) is 7.10. The van der Waals surface area contributed by atoms with Crippen molar-refractivity contribution in [3.05, 3.63) is 64.4 Å². The van der Waals surface area contributed by atoms with Crippen LogP contribution in [0, 0.1) is 0 Å². The highest BCUT2D eigenvalue weighted by Crippen LogP contribution is 2.24. The summed E-state index contributed by atoms with van der Waals surface area (Å²) in [6, 6.07) is 11.9. The van der Waals surface area contributed by atoms with Crippen LogP contribution in [-0.2, 0) is 0 Å². The Hall–Kier alpha value is -3.28. The van der Waals surface area contributed by atoms with Gasteiger partial charge in [0.1, 0.15) is 11.3 Å². The summed E-state index contributed by atoms with van der Waals surface area (Å²) in [4.78, 5) is 27.7. The molecule has 0 atom stereocenters. The van der Waals surface area contributed by atoms with Crippen LogP contribution in [0.2, 0.25) is 0 Å². The number of aromatic amines is 1. The number of methoxy groups -OCH3 is 1. The molecule has 0 saturated carbocycles. The van der Waals surface area contributed by atoms with E-state index in [0.29, 0.717) is 28.0 Å². The van der Waals surface area contributed by atoms with Crippen molar-refractivity contribution in [2.24, 2.45) is 0 Å². The number of ether oxygens (including phenoxy) is 1. The molecular formula is C17H15N3O3. The smallest absolute Gasteiger partial charge is 0.261 e. The normalized spacial score (nSPS) is 10.5. The SMILES string of the molecule is COc1ccc(NC(=O)c2c[nH]c3ccccc3c2=O)cc1N. The predicted molar refractivity (Wildman–Crippen MR) is 89.9 cm³/mol. The molecule has 0 unspecified atom stereocenters. The van der Waals surface area contributed by atoms with Gasteiger partial charge >= 0.3 is 0 Å². The average molecular weight is 309 g/mol. The molecule has 4 N–H and O–H groups in total. The van der Waals surface area contributed by atoms with E-state index < -0.39 is 5.91 Å². The van der Waals surface area contributed by atoms with E-state index in [-0.39, 0.29) is 11.0 Å². The molecular weight excluding hydrogens is 294 g/mol. The Labute approximate surface area is 131 Å². The minimum atomic E-state index is -0.499. The van der Waals surface area contributed by atoms with Crippen molar-refractivity contribution in [1.29, 1.82) is 0 Å². The number of carbonyl (C=O) groups is 1. The molecule has 0 aliphatic heterocycles. The van der Waals surface area contributed by atoms with E-state index in [1.165, 1.54) is 13.3 Å². The Bertz CT molecular complexity index is 947. The number of anilines is 2. The Morgan fingerprint density at radius 2 is 2.00 bits per heavy atom. The van der Waals surface area contributed by atoms with Gasteiger partial charge < -0.3 is 20.8 Å². The molecule has 1 amide bonds. The molecule has 116 valence electrons. The highest BCUT2D eigenvalue weighted by molar-refractivity contribution is 6.05. The van der Waals surface area contributed by atoms with Crippen molar-refractivity contribution in [3.63, 3.8) is 0 Å². The fourth-order valence-electron chi connectivity index (χ4n) is 2.35. The van der Waals surface area contributed by atoms with Gasteiger partial charge in [0.2, 0.25) is 5.43 Å². The second-order valence-electron chi connectivity index (χ2n) is 4.99. The minimum Gasteiger partial charge on any atom is -0.495 e. The number of nitrogens with two attached hydrogens (primary N) is 1. The van der Waals surface area contributed by atoms with Gasteiger partial charge in [-0.05, 0) is 30.3 Å².